The number of aryl methyl sites for hydroxylation is 1. The Morgan fingerprint density at radius 2 is 2.24 bits per heavy atom. The predicted octanol–water partition coefficient (Wildman–Crippen LogP) is 4.29. The zero-order chi connectivity index (χ0) is 23.7. The normalized spacial score (nSPS) is 16.0. The number of fused-ring (bicyclic) bond motifs is 3. The number of pyridine rings is 1. The minimum atomic E-state index is -0.320. The number of nitriles is 1. The summed E-state index contributed by atoms with van der Waals surface area (Å²) in [6.07, 6.45) is 9.42. The van der Waals surface area contributed by atoms with Gasteiger partial charge in [0, 0.05) is 37.1 Å². The summed E-state index contributed by atoms with van der Waals surface area (Å²) in [6.45, 7) is 6.74. The van der Waals surface area contributed by atoms with E-state index in [9.17, 15) is 5.26 Å². The molecule has 3 N–H and O–H groups in total. The maximum Gasteiger partial charge on any atom is 0.182 e. The van der Waals surface area contributed by atoms with Crippen LogP contribution >= 0.6 is 0 Å². The van der Waals surface area contributed by atoms with Gasteiger partial charge in [0.15, 0.2) is 11.6 Å². The third-order valence-electron chi connectivity index (χ3n) is 6.39. The molecule has 4 aromatic heterocycles. The summed E-state index contributed by atoms with van der Waals surface area (Å²) in [7, 11) is 0. The van der Waals surface area contributed by atoms with E-state index < -0.39 is 0 Å². The molecule has 9 heteroatoms. The number of aromatic nitrogens is 4. The van der Waals surface area contributed by atoms with Gasteiger partial charge >= 0.3 is 0 Å². The number of aromatic amines is 1. The number of nitrogens with zero attached hydrogens (tertiary/aromatic N) is 5. The molecular weight excluding hydrogens is 428 g/mol. The third kappa shape index (κ3) is 3.76. The van der Waals surface area contributed by atoms with E-state index in [0.717, 1.165) is 54.8 Å². The first kappa shape index (κ1) is 21.9. The maximum absolute atomic E-state index is 9.45. The fourth-order valence-corrected chi connectivity index (χ4v) is 4.69. The summed E-state index contributed by atoms with van der Waals surface area (Å²) < 4.78 is 7.84. The van der Waals surface area contributed by atoms with Crippen molar-refractivity contribution in [1.29, 1.82) is 10.7 Å². The average molecular weight is 457 g/mol. The van der Waals surface area contributed by atoms with Gasteiger partial charge in [0.25, 0.3) is 0 Å². The predicted molar refractivity (Wildman–Crippen MR) is 132 cm³/mol. The van der Waals surface area contributed by atoms with Crippen molar-refractivity contribution < 1.29 is 4.42 Å². The van der Waals surface area contributed by atoms with Crippen LogP contribution in [0.4, 0.5) is 0 Å². The number of furan rings is 1. The van der Waals surface area contributed by atoms with Crippen LogP contribution in [0.5, 0.6) is 0 Å². The van der Waals surface area contributed by atoms with Gasteiger partial charge in [0.1, 0.15) is 16.9 Å². The monoisotopic (exact) mass is 456 g/mol. The number of hydrogen-bond donors (Lipinski definition) is 3. The van der Waals surface area contributed by atoms with Crippen molar-refractivity contribution >= 4 is 34.0 Å². The number of H-pyrrole nitrogens is 1. The first-order valence-electron chi connectivity index (χ1n) is 11.6. The fraction of sp³-hybridized carbons (Fsp3) is 0.360. The fourth-order valence-electron chi connectivity index (χ4n) is 4.69. The summed E-state index contributed by atoms with van der Waals surface area (Å²) in [5, 5.41) is 22.1. The van der Waals surface area contributed by atoms with Crippen LogP contribution in [0.2, 0.25) is 0 Å². The molecule has 174 valence electrons. The lowest BCUT2D eigenvalue weighted by Gasteiger charge is -2.49. The first-order valence-corrected chi connectivity index (χ1v) is 11.6. The molecule has 0 aliphatic carbocycles. The van der Waals surface area contributed by atoms with Crippen molar-refractivity contribution in [2.24, 2.45) is 0 Å². The van der Waals surface area contributed by atoms with Crippen LogP contribution in [0.1, 0.15) is 31.9 Å². The molecule has 34 heavy (non-hydrogen) atoms. The molecule has 0 atom stereocenters. The lowest BCUT2D eigenvalue weighted by Crippen LogP contribution is -2.67. The summed E-state index contributed by atoms with van der Waals surface area (Å²) >= 11 is 0. The smallest absolute Gasteiger partial charge is 0.182 e. The molecule has 0 radical (unpaired) electrons. The Labute approximate surface area is 197 Å². The molecule has 4 aromatic rings. The van der Waals surface area contributed by atoms with E-state index in [-0.39, 0.29) is 5.54 Å². The molecule has 0 amide bonds. The van der Waals surface area contributed by atoms with Crippen molar-refractivity contribution in [3.05, 3.63) is 42.6 Å². The molecule has 9 nitrogen and oxygen atoms in total. The Balaban J connectivity index is 1.58. The van der Waals surface area contributed by atoms with Gasteiger partial charge in [-0.1, -0.05) is 13.3 Å². The van der Waals surface area contributed by atoms with Crippen LogP contribution in [0.25, 0.3) is 39.3 Å². The van der Waals surface area contributed by atoms with Crippen molar-refractivity contribution in [3.63, 3.8) is 0 Å². The minimum Gasteiger partial charge on any atom is -0.458 e. The Hall–Kier alpha value is -3.90. The lowest BCUT2D eigenvalue weighted by molar-refractivity contribution is 0.0535. The van der Waals surface area contributed by atoms with E-state index in [2.05, 4.69) is 33.2 Å². The van der Waals surface area contributed by atoms with Crippen LogP contribution in [-0.4, -0.2) is 55.8 Å². The van der Waals surface area contributed by atoms with E-state index in [4.69, 9.17) is 14.8 Å². The van der Waals surface area contributed by atoms with E-state index in [1.54, 1.807) is 6.20 Å². The van der Waals surface area contributed by atoms with Gasteiger partial charge in [0.05, 0.1) is 35.4 Å². The number of hydrogen-bond acceptors (Lipinski definition) is 7. The van der Waals surface area contributed by atoms with E-state index in [0.29, 0.717) is 29.2 Å². The Morgan fingerprint density at radius 1 is 1.38 bits per heavy atom. The quantitative estimate of drug-likeness (QED) is 0.323. The summed E-state index contributed by atoms with van der Waals surface area (Å²) in [6, 6.07) is 8.08. The van der Waals surface area contributed by atoms with Gasteiger partial charge in [-0.25, -0.2) is 9.97 Å². The SMILES string of the molecule is CCCCN1CC(CC#N)(N/C=C(\C=N)n2c(-c3ccc(C)o3)nc3cnc4[nH]ccc4c32)C1. The minimum absolute atomic E-state index is 0.320. The molecule has 1 saturated heterocycles. The molecule has 1 aliphatic rings. The average Bonchev–Trinajstić information content (AvgIpc) is 3.54. The number of unbranched alkanes of at least 4 members (excludes halogenated alkanes) is 1. The number of allylic oxidation sites excluding steroid dienone is 1. The molecule has 5 rings (SSSR count). The van der Waals surface area contributed by atoms with Crippen LogP contribution in [-0.2, 0) is 0 Å². The Morgan fingerprint density at radius 3 is 2.94 bits per heavy atom. The molecular formula is C25H28N8O. The zero-order valence-corrected chi connectivity index (χ0v) is 19.4. The highest BCUT2D eigenvalue weighted by Crippen LogP contribution is 2.33. The molecule has 1 aliphatic heterocycles. The zero-order valence-electron chi connectivity index (χ0n) is 19.4. The Bertz CT molecular complexity index is 1410. The third-order valence-corrected chi connectivity index (χ3v) is 6.39. The maximum atomic E-state index is 9.45. The highest BCUT2D eigenvalue weighted by Gasteiger charge is 2.41. The molecule has 5 heterocycles. The van der Waals surface area contributed by atoms with Crippen molar-refractivity contribution in [2.45, 2.75) is 38.6 Å². The topological polar surface area (TPSA) is 123 Å². The van der Waals surface area contributed by atoms with Gasteiger partial charge in [-0.15, -0.1) is 0 Å². The van der Waals surface area contributed by atoms with Crippen LogP contribution in [0.15, 0.2) is 41.2 Å². The Kier molecular flexibility index (Phi) is 5.67. The molecule has 1 fully saturated rings. The van der Waals surface area contributed by atoms with Crippen molar-refractivity contribution in [1.82, 2.24) is 29.7 Å². The molecule has 0 saturated carbocycles. The van der Waals surface area contributed by atoms with Crippen LogP contribution in [0, 0.1) is 23.7 Å². The van der Waals surface area contributed by atoms with E-state index in [1.807, 2.05) is 42.1 Å². The van der Waals surface area contributed by atoms with Crippen molar-refractivity contribution in [3.8, 4) is 17.7 Å². The number of imidazole rings is 1. The second kappa shape index (κ2) is 8.80. The van der Waals surface area contributed by atoms with E-state index in [1.165, 1.54) is 6.21 Å². The van der Waals surface area contributed by atoms with Gasteiger partial charge < -0.3 is 20.1 Å². The summed E-state index contributed by atoms with van der Waals surface area (Å²) in [5.74, 6) is 2.00. The van der Waals surface area contributed by atoms with Gasteiger partial charge in [-0.2, -0.15) is 5.26 Å². The van der Waals surface area contributed by atoms with Gasteiger partial charge in [0.2, 0.25) is 0 Å². The largest absolute Gasteiger partial charge is 0.458 e. The highest BCUT2D eigenvalue weighted by molar-refractivity contribution is 6.10. The van der Waals surface area contributed by atoms with Gasteiger partial charge in [-0.3, -0.25) is 9.47 Å². The standard InChI is InChI=1S/C25H28N8O/c1-3-4-11-32-15-25(16-32,8-9-26)30-13-18(12-27)33-22-19-7-10-28-23(19)29-14-20(22)31-24(33)21-6-5-17(2)34-21/h5-7,10,12-14,27,30H,3-4,8,11,15-16H2,1-2H3,(H,28,29)/b18-13+,27-12?. The summed E-state index contributed by atoms with van der Waals surface area (Å²) in [4.78, 5) is 14.8. The van der Waals surface area contributed by atoms with Crippen molar-refractivity contribution in [2.75, 3.05) is 19.6 Å². The highest BCUT2D eigenvalue weighted by atomic mass is 16.3. The second-order valence-corrected chi connectivity index (χ2v) is 8.95. The van der Waals surface area contributed by atoms with E-state index >= 15 is 0 Å². The lowest BCUT2D eigenvalue weighted by atomic mass is 9.86. The molecule has 0 unspecified atom stereocenters. The first-order chi connectivity index (χ1) is 16.6. The van der Waals surface area contributed by atoms with Gasteiger partial charge in [-0.05, 0) is 38.1 Å². The molecule has 0 bridgehead atoms. The van der Waals surface area contributed by atoms with Crippen LogP contribution in [0.3, 0.4) is 0 Å². The van der Waals surface area contributed by atoms with Crippen LogP contribution < -0.4 is 5.32 Å². The molecule has 0 aromatic carbocycles. The summed E-state index contributed by atoms with van der Waals surface area (Å²) in [5.41, 5.74) is 2.59. The number of likely N-dealkylation sites (tertiary alicyclic amines) is 1. The second-order valence-electron chi connectivity index (χ2n) is 8.95. The number of rotatable bonds is 9. The molecule has 0 spiro atoms. The number of nitrogens with one attached hydrogen (secondary N) is 3.